The fourth-order valence-corrected chi connectivity index (χ4v) is 5.59. The minimum Gasteiger partial charge on any atom is -0.395 e. The number of aromatic nitrogens is 1. The van der Waals surface area contributed by atoms with E-state index >= 15 is 0 Å². The molecule has 0 spiro atoms. The molecule has 1 saturated heterocycles. The van der Waals surface area contributed by atoms with Crippen LogP contribution in [0.3, 0.4) is 0 Å². The van der Waals surface area contributed by atoms with Gasteiger partial charge in [0.2, 0.25) is 0 Å². The summed E-state index contributed by atoms with van der Waals surface area (Å²) in [7, 11) is -1.77. The Hall–Kier alpha value is -2.47. The standard InChI is InChI=1S/C23H27N3O5S2/c1-23(22(28)25-29,33(3,30)31)11-10-21-24-19-9-8-16(13-20(19)32-21)6-4-5-7-17-12-18(15-27)26(2)14-17/h8-9,13,17-18,27,29H,10-12,14-15H2,1-3H3,(H,25,28)/t17-,18+,23+/m0/s1. The summed E-state index contributed by atoms with van der Waals surface area (Å²) in [4.78, 5) is 18.6. The average Bonchev–Trinajstić information content (AvgIpc) is 3.35. The Morgan fingerprint density at radius 3 is 2.79 bits per heavy atom. The summed E-state index contributed by atoms with van der Waals surface area (Å²) in [5.74, 6) is 11.2. The summed E-state index contributed by atoms with van der Waals surface area (Å²) < 4.78 is 23.4. The maximum atomic E-state index is 12.1. The van der Waals surface area contributed by atoms with E-state index in [1.807, 2.05) is 25.2 Å². The second-order valence-corrected chi connectivity index (χ2v) is 12.0. The largest absolute Gasteiger partial charge is 0.395 e. The van der Waals surface area contributed by atoms with Crippen molar-refractivity contribution in [2.75, 3.05) is 26.5 Å². The molecule has 8 nitrogen and oxygen atoms in total. The fourth-order valence-electron chi connectivity index (χ4n) is 3.73. The minimum absolute atomic E-state index is 0.00616. The predicted molar refractivity (Wildman–Crippen MR) is 127 cm³/mol. The van der Waals surface area contributed by atoms with Gasteiger partial charge in [-0.3, -0.25) is 14.9 Å². The summed E-state index contributed by atoms with van der Waals surface area (Å²) in [6, 6.07) is 5.77. The third-order valence-corrected chi connectivity index (χ3v) is 9.20. The minimum atomic E-state index is -3.75. The monoisotopic (exact) mass is 489 g/mol. The fraction of sp³-hybridized carbons (Fsp3) is 0.478. The number of nitrogens with one attached hydrogen (secondary N) is 1. The smallest absolute Gasteiger partial charge is 0.264 e. The second-order valence-electron chi connectivity index (χ2n) is 8.46. The number of aliphatic hydroxyl groups excluding tert-OH is 1. The molecule has 10 heteroatoms. The molecule has 2 aromatic rings. The number of rotatable bonds is 6. The Morgan fingerprint density at radius 2 is 2.15 bits per heavy atom. The van der Waals surface area contributed by atoms with E-state index < -0.39 is 20.5 Å². The zero-order valence-electron chi connectivity index (χ0n) is 18.8. The van der Waals surface area contributed by atoms with E-state index in [1.54, 1.807) is 0 Å². The summed E-state index contributed by atoms with van der Waals surface area (Å²) >= 11 is 1.41. The highest BCUT2D eigenvalue weighted by atomic mass is 32.2. The average molecular weight is 490 g/mol. The molecule has 0 bridgehead atoms. The molecular formula is C23H27N3O5S2. The van der Waals surface area contributed by atoms with Crippen LogP contribution in [0.2, 0.25) is 0 Å². The Morgan fingerprint density at radius 1 is 1.39 bits per heavy atom. The number of likely N-dealkylation sites (N-methyl/N-ethyl adjacent to an activating group) is 1. The van der Waals surface area contributed by atoms with Crippen LogP contribution in [0, 0.1) is 29.6 Å². The zero-order chi connectivity index (χ0) is 24.2. The van der Waals surface area contributed by atoms with Gasteiger partial charge in [-0.25, -0.2) is 18.9 Å². The first-order chi connectivity index (χ1) is 15.6. The van der Waals surface area contributed by atoms with Crippen LogP contribution < -0.4 is 5.48 Å². The molecule has 1 amide bonds. The van der Waals surface area contributed by atoms with Gasteiger partial charge in [-0.05, 0) is 56.9 Å². The Balaban J connectivity index is 1.70. The highest BCUT2D eigenvalue weighted by Gasteiger charge is 2.43. The number of hydroxylamine groups is 1. The van der Waals surface area contributed by atoms with Gasteiger partial charge >= 0.3 is 0 Å². The number of nitrogens with zero attached hydrogens (tertiary/aromatic N) is 2. The highest BCUT2D eigenvalue weighted by molar-refractivity contribution is 7.92. The van der Waals surface area contributed by atoms with Crippen molar-refractivity contribution in [3.8, 4) is 23.7 Å². The third-order valence-electron chi connectivity index (χ3n) is 6.09. The lowest BCUT2D eigenvalue weighted by Crippen LogP contribution is -2.49. The van der Waals surface area contributed by atoms with Crippen molar-refractivity contribution in [2.24, 2.45) is 5.92 Å². The normalized spacial score (nSPS) is 20.4. The van der Waals surface area contributed by atoms with Crippen LogP contribution in [0.15, 0.2) is 18.2 Å². The summed E-state index contributed by atoms with van der Waals surface area (Å²) in [6.45, 7) is 2.26. The number of fused-ring (bicyclic) bond motifs is 1. The molecule has 3 atom stereocenters. The number of benzene rings is 1. The van der Waals surface area contributed by atoms with Crippen molar-refractivity contribution in [3.63, 3.8) is 0 Å². The van der Waals surface area contributed by atoms with Crippen LogP contribution in [0.25, 0.3) is 10.2 Å². The van der Waals surface area contributed by atoms with Crippen LogP contribution in [0.4, 0.5) is 0 Å². The van der Waals surface area contributed by atoms with E-state index in [4.69, 9.17) is 5.21 Å². The van der Waals surface area contributed by atoms with Gasteiger partial charge in [0.25, 0.3) is 5.91 Å². The maximum absolute atomic E-state index is 12.1. The van der Waals surface area contributed by atoms with E-state index in [0.29, 0.717) is 5.01 Å². The number of thiazole rings is 1. The molecule has 1 fully saturated rings. The first-order valence-corrected chi connectivity index (χ1v) is 13.1. The van der Waals surface area contributed by atoms with E-state index in [9.17, 15) is 18.3 Å². The number of carbonyl (C=O) groups is 1. The predicted octanol–water partition coefficient (Wildman–Crippen LogP) is 1.21. The summed E-state index contributed by atoms with van der Waals surface area (Å²) in [6.07, 6.45) is 2.08. The second kappa shape index (κ2) is 10.2. The molecule has 33 heavy (non-hydrogen) atoms. The van der Waals surface area contributed by atoms with Gasteiger partial charge in [0.15, 0.2) is 9.84 Å². The van der Waals surface area contributed by atoms with Crippen LogP contribution in [0.5, 0.6) is 0 Å². The number of carbonyl (C=O) groups excluding carboxylic acids is 1. The lowest BCUT2D eigenvalue weighted by molar-refractivity contribution is -0.131. The van der Waals surface area contributed by atoms with Crippen molar-refractivity contribution >= 4 is 37.3 Å². The number of aliphatic hydroxyl groups is 1. The van der Waals surface area contributed by atoms with Gasteiger partial charge in [-0.15, -0.1) is 11.3 Å². The SMILES string of the molecule is CN1C[C@@H](C#CC#Cc2ccc3nc(CC[C@](C)(C(=O)NO)S(C)(=O)=O)sc3c2)C[C@@H]1CO. The van der Waals surface area contributed by atoms with E-state index in [2.05, 4.69) is 33.6 Å². The Labute approximate surface area is 197 Å². The van der Waals surface area contributed by atoms with Crippen LogP contribution in [-0.4, -0.2) is 71.8 Å². The molecule has 3 rings (SSSR count). The first kappa shape index (κ1) is 25.2. The first-order valence-electron chi connectivity index (χ1n) is 10.4. The zero-order valence-corrected chi connectivity index (χ0v) is 20.4. The number of sulfone groups is 1. The number of hydrogen-bond donors (Lipinski definition) is 3. The molecule has 1 aliphatic rings. The number of aryl methyl sites for hydroxylation is 1. The Bertz CT molecular complexity index is 1270. The molecule has 1 aromatic heterocycles. The van der Waals surface area contributed by atoms with Gasteiger partial charge in [-0.2, -0.15) is 0 Å². The molecule has 1 aliphatic heterocycles. The van der Waals surface area contributed by atoms with Gasteiger partial charge in [0.05, 0.1) is 21.8 Å². The number of hydrogen-bond acceptors (Lipinski definition) is 8. The summed E-state index contributed by atoms with van der Waals surface area (Å²) in [5.41, 5.74) is 3.02. The molecule has 176 valence electrons. The summed E-state index contributed by atoms with van der Waals surface area (Å²) in [5, 5.41) is 19.0. The molecule has 0 aliphatic carbocycles. The van der Waals surface area contributed by atoms with Crippen molar-refractivity contribution in [1.29, 1.82) is 0 Å². The van der Waals surface area contributed by atoms with Crippen LogP contribution in [-0.2, 0) is 21.1 Å². The molecule has 3 N–H and O–H groups in total. The Kier molecular flexibility index (Phi) is 7.78. The van der Waals surface area contributed by atoms with Crippen LogP contribution >= 0.6 is 11.3 Å². The molecule has 2 heterocycles. The van der Waals surface area contributed by atoms with E-state index in [-0.39, 0.29) is 31.4 Å². The quantitative estimate of drug-likeness (QED) is 0.317. The van der Waals surface area contributed by atoms with E-state index in [1.165, 1.54) is 23.7 Å². The molecule has 0 saturated carbocycles. The van der Waals surface area contributed by atoms with Gasteiger partial charge in [0, 0.05) is 36.7 Å². The van der Waals surface area contributed by atoms with Gasteiger partial charge in [-0.1, -0.05) is 11.8 Å². The molecular weight excluding hydrogens is 462 g/mol. The number of likely N-dealkylation sites (tertiary alicyclic amines) is 1. The molecule has 0 radical (unpaired) electrons. The number of amides is 1. The van der Waals surface area contributed by atoms with Crippen LogP contribution in [0.1, 0.15) is 30.3 Å². The lowest BCUT2D eigenvalue weighted by atomic mass is 10.0. The van der Waals surface area contributed by atoms with Crippen molar-refractivity contribution in [1.82, 2.24) is 15.4 Å². The lowest BCUT2D eigenvalue weighted by Gasteiger charge is -2.24. The highest BCUT2D eigenvalue weighted by Crippen LogP contribution is 2.28. The molecule has 0 unspecified atom stereocenters. The van der Waals surface area contributed by atoms with Crippen molar-refractivity contribution < 1.29 is 23.5 Å². The topological polar surface area (TPSA) is 120 Å². The third kappa shape index (κ3) is 5.72. The van der Waals surface area contributed by atoms with Crippen molar-refractivity contribution in [3.05, 3.63) is 28.8 Å². The van der Waals surface area contributed by atoms with Gasteiger partial charge < -0.3 is 5.11 Å². The van der Waals surface area contributed by atoms with E-state index in [0.717, 1.165) is 35.0 Å². The van der Waals surface area contributed by atoms with Gasteiger partial charge in [0.1, 0.15) is 4.75 Å². The maximum Gasteiger partial charge on any atom is 0.264 e. The molecule has 1 aromatic carbocycles. The van der Waals surface area contributed by atoms with Crippen molar-refractivity contribution in [2.45, 2.75) is 37.0 Å².